The number of ether oxygens (including phenoxy) is 1. The summed E-state index contributed by atoms with van der Waals surface area (Å²) in [7, 11) is -1.64. The highest BCUT2D eigenvalue weighted by Gasteiger charge is 2.14. The summed E-state index contributed by atoms with van der Waals surface area (Å²) in [5.74, 6) is -0.464. The van der Waals surface area contributed by atoms with Gasteiger partial charge in [-0.1, -0.05) is 44.7 Å². The fraction of sp³-hybridized carbons (Fsp3) is 0.600. The Balaban J connectivity index is 2.37. The molecule has 0 radical (unpaired) electrons. The maximum atomic E-state index is 13.7. The third-order valence-corrected chi connectivity index (χ3v) is 3.36. The second kappa shape index (κ2) is 9.11. The Kier molecular flexibility index (Phi) is 7.81. The molecule has 3 nitrogen and oxygen atoms in total. The zero-order valence-electron chi connectivity index (χ0n) is 12.3. The summed E-state index contributed by atoms with van der Waals surface area (Å²) in [5, 5.41) is 17.9. The zero-order chi connectivity index (χ0) is 15.0. The van der Waals surface area contributed by atoms with E-state index in [0.717, 1.165) is 18.9 Å². The van der Waals surface area contributed by atoms with E-state index in [-0.39, 0.29) is 18.2 Å². The Labute approximate surface area is 120 Å². The Morgan fingerprint density at radius 3 is 2.60 bits per heavy atom. The molecule has 0 bridgehead atoms. The SMILES string of the molecule is CCCCCCC(C)OCc1ccc(B(O)O)cc1F. The average molecular weight is 282 g/mol. The summed E-state index contributed by atoms with van der Waals surface area (Å²) in [6.45, 7) is 4.38. The van der Waals surface area contributed by atoms with Crippen LogP contribution in [0.3, 0.4) is 0 Å². The first kappa shape index (κ1) is 17.1. The van der Waals surface area contributed by atoms with E-state index in [9.17, 15) is 4.39 Å². The van der Waals surface area contributed by atoms with Gasteiger partial charge < -0.3 is 14.8 Å². The molecule has 0 fully saturated rings. The number of benzene rings is 1. The van der Waals surface area contributed by atoms with Crippen LogP contribution in [0.4, 0.5) is 4.39 Å². The largest absolute Gasteiger partial charge is 0.488 e. The molecule has 0 aromatic heterocycles. The number of unbranched alkanes of at least 4 members (excludes halogenated alkanes) is 3. The second-order valence-electron chi connectivity index (χ2n) is 5.20. The topological polar surface area (TPSA) is 49.7 Å². The zero-order valence-corrected chi connectivity index (χ0v) is 12.3. The molecule has 0 saturated heterocycles. The highest BCUT2D eigenvalue weighted by Crippen LogP contribution is 2.12. The van der Waals surface area contributed by atoms with Crippen LogP contribution in [0.5, 0.6) is 0 Å². The molecule has 0 aliphatic rings. The van der Waals surface area contributed by atoms with Crippen molar-refractivity contribution in [3.8, 4) is 0 Å². The Hall–Kier alpha value is -0.905. The van der Waals surface area contributed by atoms with Gasteiger partial charge in [-0.2, -0.15) is 0 Å². The molecule has 0 amide bonds. The average Bonchev–Trinajstić information content (AvgIpc) is 2.42. The van der Waals surface area contributed by atoms with E-state index in [1.165, 1.54) is 31.4 Å². The molecule has 0 saturated carbocycles. The van der Waals surface area contributed by atoms with Crippen LogP contribution >= 0.6 is 0 Å². The second-order valence-corrected chi connectivity index (χ2v) is 5.20. The van der Waals surface area contributed by atoms with Gasteiger partial charge in [0.1, 0.15) is 5.82 Å². The van der Waals surface area contributed by atoms with Gasteiger partial charge in [-0.25, -0.2) is 4.39 Å². The maximum Gasteiger partial charge on any atom is 0.488 e. The fourth-order valence-electron chi connectivity index (χ4n) is 2.02. The van der Waals surface area contributed by atoms with Gasteiger partial charge >= 0.3 is 7.12 Å². The van der Waals surface area contributed by atoms with Crippen molar-refractivity contribution in [3.63, 3.8) is 0 Å². The van der Waals surface area contributed by atoms with Crippen LogP contribution in [0.15, 0.2) is 18.2 Å². The molecule has 1 unspecified atom stereocenters. The third-order valence-electron chi connectivity index (χ3n) is 3.36. The molecule has 2 N–H and O–H groups in total. The van der Waals surface area contributed by atoms with Gasteiger partial charge in [0.15, 0.2) is 0 Å². The highest BCUT2D eigenvalue weighted by atomic mass is 19.1. The van der Waals surface area contributed by atoms with Crippen LogP contribution in [0.1, 0.15) is 51.5 Å². The molecular weight excluding hydrogens is 258 g/mol. The molecule has 1 rings (SSSR count). The first-order valence-electron chi connectivity index (χ1n) is 7.30. The predicted molar refractivity (Wildman–Crippen MR) is 79.2 cm³/mol. The van der Waals surface area contributed by atoms with Crippen LogP contribution in [0.25, 0.3) is 0 Å². The minimum Gasteiger partial charge on any atom is -0.423 e. The van der Waals surface area contributed by atoms with E-state index in [1.807, 2.05) is 6.92 Å². The quantitative estimate of drug-likeness (QED) is 0.540. The summed E-state index contributed by atoms with van der Waals surface area (Å²) < 4.78 is 19.3. The fourth-order valence-corrected chi connectivity index (χ4v) is 2.02. The molecule has 20 heavy (non-hydrogen) atoms. The smallest absolute Gasteiger partial charge is 0.423 e. The van der Waals surface area contributed by atoms with Crippen molar-refractivity contribution in [3.05, 3.63) is 29.6 Å². The lowest BCUT2D eigenvalue weighted by Crippen LogP contribution is -2.30. The molecule has 0 heterocycles. The van der Waals surface area contributed by atoms with Gasteiger partial charge in [-0.05, 0) is 24.9 Å². The van der Waals surface area contributed by atoms with E-state index in [1.54, 1.807) is 0 Å². The van der Waals surface area contributed by atoms with Crippen molar-refractivity contribution >= 4 is 12.6 Å². The lowest BCUT2D eigenvalue weighted by molar-refractivity contribution is 0.0443. The maximum absolute atomic E-state index is 13.7. The van der Waals surface area contributed by atoms with Crippen LogP contribution in [0, 0.1) is 5.82 Å². The lowest BCUT2D eigenvalue weighted by atomic mass is 9.80. The van der Waals surface area contributed by atoms with Gasteiger partial charge in [0.05, 0.1) is 12.7 Å². The van der Waals surface area contributed by atoms with Crippen molar-refractivity contribution in [2.75, 3.05) is 0 Å². The third kappa shape index (κ3) is 6.03. The van der Waals surface area contributed by atoms with Gasteiger partial charge in [0.2, 0.25) is 0 Å². The molecule has 0 aliphatic carbocycles. The standard InChI is InChI=1S/C15H24BFO3/c1-3-4-5-6-7-12(2)20-11-13-8-9-14(16(18)19)10-15(13)17/h8-10,12,18-19H,3-7,11H2,1-2H3. The number of hydrogen-bond donors (Lipinski definition) is 2. The summed E-state index contributed by atoms with van der Waals surface area (Å²) in [4.78, 5) is 0. The number of rotatable bonds is 9. The van der Waals surface area contributed by atoms with Crippen LogP contribution < -0.4 is 5.46 Å². The highest BCUT2D eigenvalue weighted by molar-refractivity contribution is 6.58. The van der Waals surface area contributed by atoms with Crippen molar-refractivity contribution < 1.29 is 19.2 Å². The lowest BCUT2D eigenvalue weighted by Gasteiger charge is -2.13. The van der Waals surface area contributed by atoms with Crippen LogP contribution in [0.2, 0.25) is 0 Å². The van der Waals surface area contributed by atoms with E-state index in [2.05, 4.69) is 6.92 Å². The Bertz CT molecular complexity index is 399. The first-order valence-corrected chi connectivity index (χ1v) is 7.30. The minimum atomic E-state index is -1.64. The Morgan fingerprint density at radius 2 is 2.00 bits per heavy atom. The molecular formula is C15H24BFO3. The van der Waals surface area contributed by atoms with Gasteiger partial charge in [0, 0.05) is 5.56 Å². The van der Waals surface area contributed by atoms with Gasteiger partial charge in [-0.15, -0.1) is 0 Å². The van der Waals surface area contributed by atoms with Crippen molar-refractivity contribution in [1.29, 1.82) is 0 Å². The number of halogens is 1. The summed E-state index contributed by atoms with van der Waals surface area (Å²) >= 11 is 0. The van der Waals surface area contributed by atoms with Crippen molar-refractivity contribution in [1.82, 2.24) is 0 Å². The minimum absolute atomic E-state index is 0.106. The molecule has 0 spiro atoms. The molecule has 112 valence electrons. The first-order chi connectivity index (χ1) is 9.54. The van der Waals surface area contributed by atoms with E-state index < -0.39 is 12.9 Å². The van der Waals surface area contributed by atoms with Crippen molar-refractivity contribution in [2.45, 2.75) is 58.7 Å². The number of hydrogen-bond acceptors (Lipinski definition) is 3. The summed E-state index contributed by atoms with van der Waals surface area (Å²) in [6.07, 6.45) is 5.88. The van der Waals surface area contributed by atoms with Crippen molar-refractivity contribution in [2.24, 2.45) is 0 Å². The van der Waals surface area contributed by atoms with E-state index in [4.69, 9.17) is 14.8 Å². The van der Waals surface area contributed by atoms with Gasteiger partial charge in [0.25, 0.3) is 0 Å². The molecule has 1 aromatic rings. The molecule has 1 aromatic carbocycles. The Morgan fingerprint density at radius 1 is 1.25 bits per heavy atom. The molecule has 5 heteroatoms. The van der Waals surface area contributed by atoms with Crippen LogP contribution in [-0.2, 0) is 11.3 Å². The van der Waals surface area contributed by atoms with Crippen LogP contribution in [-0.4, -0.2) is 23.3 Å². The normalized spacial score (nSPS) is 12.4. The van der Waals surface area contributed by atoms with Gasteiger partial charge in [-0.3, -0.25) is 0 Å². The van der Waals surface area contributed by atoms with E-state index >= 15 is 0 Å². The predicted octanol–water partition coefficient (Wildman–Crippen LogP) is 2.38. The summed E-state index contributed by atoms with van der Waals surface area (Å²) in [6, 6.07) is 4.17. The summed E-state index contributed by atoms with van der Waals surface area (Å²) in [5.41, 5.74) is 0.591. The van der Waals surface area contributed by atoms with E-state index in [0.29, 0.717) is 5.56 Å². The monoisotopic (exact) mass is 282 g/mol. The molecule has 1 atom stereocenters. The molecule has 0 aliphatic heterocycles.